The van der Waals surface area contributed by atoms with Crippen molar-refractivity contribution in [1.82, 2.24) is 20.2 Å². The molecule has 3 aromatic rings. The van der Waals surface area contributed by atoms with E-state index in [4.69, 9.17) is 14.2 Å². The molecule has 5 rings (SSSR count). The normalized spacial score (nSPS) is 16.8. The molecule has 1 amide bonds. The summed E-state index contributed by atoms with van der Waals surface area (Å²) in [6.45, 7) is 1.65. The maximum Gasteiger partial charge on any atom is 0.280 e. The lowest BCUT2D eigenvalue weighted by molar-refractivity contribution is 0.102. The maximum atomic E-state index is 13.5. The molecule has 2 fully saturated rings. The highest BCUT2D eigenvalue weighted by atomic mass is 32.1. The zero-order valence-electron chi connectivity index (χ0n) is 19.9. The smallest absolute Gasteiger partial charge is 0.280 e. The first-order valence-electron chi connectivity index (χ1n) is 11.7. The van der Waals surface area contributed by atoms with Gasteiger partial charge in [-0.2, -0.15) is 0 Å². The molecule has 0 aromatic carbocycles. The zero-order valence-corrected chi connectivity index (χ0v) is 20.7. The Morgan fingerprint density at radius 2 is 2.08 bits per heavy atom. The van der Waals surface area contributed by atoms with E-state index >= 15 is 0 Å². The lowest BCUT2D eigenvalue weighted by Gasteiger charge is -2.16. The molecule has 12 heteroatoms. The van der Waals surface area contributed by atoms with Crippen LogP contribution in [0.2, 0.25) is 0 Å². The predicted molar refractivity (Wildman–Crippen MR) is 131 cm³/mol. The molecule has 4 heterocycles. The van der Waals surface area contributed by atoms with E-state index in [1.54, 1.807) is 0 Å². The second-order valence-electron chi connectivity index (χ2n) is 8.63. The van der Waals surface area contributed by atoms with E-state index in [0.29, 0.717) is 36.3 Å². The van der Waals surface area contributed by atoms with Gasteiger partial charge < -0.3 is 14.2 Å². The second kappa shape index (κ2) is 11.1. The van der Waals surface area contributed by atoms with Crippen LogP contribution in [0.3, 0.4) is 0 Å². The third-order valence-electron chi connectivity index (χ3n) is 5.84. The molecule has 1 aliphatic carbocycles. The van der Waals surface area contributed by atoms with Gasteiger partial charge in [-0.1, -0.05) is 17.3 Å². The highest BCUT2D eigenvalue weighted by Crippen LogP contribution is 2.36. The SMILES string of the molecule is COc1cnc(C(F)F)cc1-c1cc(OC[C@@H]2CCOC2)ncc1C(=O)Nc1nnc(C#CC2CC2)s1. The molecule has 0 bridgehead atoms. The van der Waals surface area contributed by atoms with Gasteiger partial charge in [0.05, 0.1) is 32.1 Å². The third kappa shape index (κ3) is 6.18. The summed E-state index contributed by atoms with van der Waals surface area (Å²) < 4.78 is 43.6. The Balaban J connectivity index is 1.46. The van der Waals surface area contributed by atoms with Crippen molar-refractivity contribution in [3.8, 4) is 34.6 Å². The van der Waals surface area contributed by atoms with Crippen molar-refractivity contribution in [2.75, 3.05) is 32.2 Å². The highest BCUT2D eigenvalue weighted by molar-refractivity contribution is 7.15. The minimum atomic E-state index is -2.81. The molecule has 3 aromatic heterocycles. The van der Waals surface area contributed by atoms with Crippen LogP contribution in [0.1, 0.15) is 46.7 Å². The number of rotatable bonds is 8. The highest BCUT2D eigenvalue weighted by Gasteiger charge is 2.23. The minimum absolute atomic E-state index is 0.113. The van der Waals surface area contributed by atoms with E-state index in [0.717, 1.165) is 30.6 Å². The summed E-state index contributed by atoms with van der Waals surface area (Å²) in [5.74, 6) is 6.61. The first kappa shape index (κ1) is 25.0. The largest absolute Gasteiger partial charge is 0.494 e. The number of aromatic nitrogens is 4. The van der Waals surface area contributed by atoms with Gasteiger partial charge in [0.2, 0.25) is 11.0 Å². The Kier molecular flexibility index (Phi) is 7.52. The molecule has 1 saturated carbocycles. The van der Waals surface area contributed by atoms with Gasteiger partial charge in [-0.25, -0.2) is 13.8 Å². The number of nitrogens with zero attached hydrogens (tertiary/aromatic N) is 4. The number of hydrogen-bond acceptors (Lipinski definition) is 9. The van der Waals surface area contributed by atoms with Crippen LogP contribution in [0.15, 0.2) is 24.5 Å². The van der Waals surface area contributed by atoms with E-state index in [-0.39, 0.29) is 33.8 Å². The number of pyridine rings is 2. The van der Waals surface area contributed by atoms with Crippen molar-refractivity contribution in [3.63, 3.8) is 0 Å². The summed E-state index contributed by atoms with van der Waals surface area (Å²) >= 11 is 1.15. The van der Waals surface area contributed by atoms with Gasteiger partial charge in [0.15, 0.2) is 5.01 Å². The van der Waals surface area contributed by atoms with E-state index in [2.05, 4.69) is 37.3 Å². The number of ether oxygens (including phenoxy) is 3. The Hall–Kier alpha value is -3.69. The van der Waals surface area contributed by atoms with Crippen LogP contribution < -0.4 is 14.8 Å². The molecular weight excluding hydrogens is 504 g/mol. The number of methoxy groups -OCH3 is 1. The fourth-order valence-electron chi connectivity index (χ4n) is 3.67. The molecule has 1 saturated heterocycles. The Morgan fingerprint density at radius 3 is 2.81 bits per heavy atom. The lowest BCUT2D eigenvalue weighted by atomic mass is 10.00. The van der Waals surface area contributed by atoms with Gasteiger partial charge in [-0.05, 0) is 31.2 Å². The average molecular weight is 528 g/mol. The van der Waals surface area contributed by atoms with E-state index in [9.17, 15) is 13.6 Å². The number of carbonyl (C=O) groups is 1. The molecule has 0 spiro atoms. The molecule has 1 N–H and O–H groups in total. The summed E-state index contributed by atoms with van der Waals surface area (Å²) in [5.41, 5.74) is 0.210. The van der Waals surface area contributed by atoms with Crippen LogP contribution in [0.25, 0.3) is 11.1 Å². The van der Waals surface area contributed by atoms with Gasteiger partial charge >= 0.3 is 0 Å². The van der Waals surface area contributed by atoms with Crippen LogP contribution in [0.5, 0.6) is 11.6 Å². The molecular formula is C25H23F2N5O4S. The van der Waals surface area contributed by atoms with Crippen LogP contribution in [-0.2, 0) is 4.74 Å². The van der Waals surface area contributed by atoms with Crippen LogP contribution in [0.4, 0.5) is 13.9 Å². The number of hydrogen-bond donors (Lipinski definition) is 1. The van der Waals surface area contributed by atoms with Crippen molar-refractivity contribution >= 4 is 22.4 Å². The molecule has 9 nitrogen and oxygen atoms in total. The molecule has 1 aliphatic heterocycles. The van der Waals surface area contributed by atoms with Crippen molar-refractivity contribution in [3.05, 3.63) is 40.8 Å². The number of nitrogens with one attached hydrogen (secondary N) is 1. The maximum absolute atomic E-state index is 13.5. The standard InChI is InChI=1S/C25H23F2N5O4S/c1-34-20-11-28-19(23(26)27)8-17(20)16-9-21(36-13-15-6-7-35-12-15)29-10-18(16)24(33)30-25-32-31-22(37-25)5-4-14-2-3-14/h8-11,14-15,23H,2-3,6-7,12-13H2,1H3,(H,30,32,33)/t15-/m1/s1. The van der Waals surface area contributed by atoms with Gasteiger partial charge in [0.1, 0.15) is 11.4 Å². The fourth-order valence-corrected chi connectivity index (χ4v) is 4.27. The summed E-state index contributed by atoms with van der Waals surface area (Å²) in [6, 6.07) is 2.73. The van der Waals surface area contributed by atoms with E-state index < -0.39 is 18.0 Å². The van der Waals surface area contributed by atoms with Gasteiger partial charge in [0, 0.05) is 41.8 Å². The second-order valence-corrected chi connectivity index (χ2v) is 9.61. The minimum Gasteiger partial charge on any atom is -0.494 e. The Labute approximate surface area is 215 Å². The van der Waals surface area contributed by atoms with Crippen LogP contribution in [-0.4, -0.2) is 53.0 Å². The number of carbonyl (C=O) groups excluding carboxylic acids is 1. The fraction of sp³-hybridized carbons (Fsp3) is 0.400. The monoisotopic (exact) mass is 527 g/mol. The van der Waals surface area contributed by atoms with Gasteiger partial charge in [0.25, 0.3) is 12.3 Å². The molecule has 0 unspecified atom stereocenters. The number of alkyl halides is 2. The number of halogens is 2. The zero-order chi connectivity index (χ0) is 25.8. The van der Waals surface area contributed by atoms with Crippen molar-refractivity contribution < 1.29 is 27.8 Å². The summed E-state index contributed by atoms with van der Waals surface area (Å²) in [6.07, 6.45) is 2.78. The quantitative estimate of drug-likeness (QED) is 0.431. The van der Waals surface area contributed by atoms with E-state index in [1.165, 1.54) is 31.6 Å². The van der Waals surface area contributed by atoms with Crippen LogP contribution in [0, 0.1) is 23.7 Å². The average Bonchev–Trinajstić information content (AvgIpc) is 3.38. The molecule has 37 heavy (non-hydrogen) atoms. The molecule has 2 aliphatic rings. The van der Waals surface area contributed by atoms with E-state index in [1.807, 2.05) is 0 Å². The first-order chi connectivity index (χ1) is 18.0. The number of anilines is 1. The van der Waals surface area contributed by atoms with Crippen LogP contribution >= 0.6 is 11.3 Å². The molecule has 1 atom stereocenters. The summed E-state index contributed by atoms with van der Waals surface area (Å²) in [7, 11) is 1.40. The van der Waals surface area contributed by atoms with Crippen molar-refractivity contribution in [2.24, 2.45) is 11.8 Å². The van der Waals surface area contributed by atoms with Crippen molar-refractivity contribution in [2.45, 2.75) is 25.7 Å². The molecule has 0 radical (unpaired) electrons. The lowest BCUT2D eigenvalue weighted by Crippen LogP contribution is -2.15. The number of amides is 1. The summed E-state index contributed by atoms with van der Waals surface area (Å²) in [5, 5.41) is 11.4. The van der Waals surface area contributed by atoms with Gasteiger partial charge in [-0.3, -0.25) is 15.1 Å². The summed E-state index contributed by atoms with van der Waals surface area (Å²) in [4.78, 5) is 21.3. The Bertz CT molecular complexity index is 1350. The first-order valence-corrected chi connectivity index (χ1v) is 12.5. The third-order valence-corrected chi connectivity index (χ3v) is 6.60. The Morgan fingerprint density at radius 1 is 1.22 bits per heavy atom. The molecule has 192 valence electrons. The van der Waals surface area contributed by atoms with Gasteiger partial charge in [-0.15, -0.1) is 10.2 Å². The predicted octanol–water partition coefficient (Wildman–Crippen LogP) is 4.37. The topological polar surface area (TPSA) is 108 Å². The van der Waals surface area contributed by atoms with Crippen molar-refractivity contribution in [1.29, 1.82) is 0 Å².